The fraction of sp³-hybridized carbons (Fsp3) is 0.526. The van der Waals surface area contributed by atoms with Crippen molar-refractivity contribution >= 4 is 17.6 Å². The van der Waals surface area contributed by atoms with Crippen LogP contribution in [0.3, 0.4) is 0 Å². The summed E-state index contributed by atoms with van der Waals surface area (Å²) in [6.07, 6.45) is 4.14. The van der Waals surface area contributed by atoms with E-state index in [1.165, 1.54) is 0 Å². The maximum Gasteiger partial charge on any atom is 0.253 e. The first-order valence-corrected chi connectivity index (χ1v) is 8.72. The van der Waals surface area contributed by atoms with Crippen LogP contribution in [0, 0.1) is 5.41 Å². The Balaban J connectivity index is 1.99. The molecular weight excluding hydrogens is 316 g/mol. The maximum atomic E-state index is 12.5. The summed E-state index contributed by atoms with van der Waals surface area (Å²) >= 11 is 0. The molecule has 6 nitrogen and oxygen atoms in total. The van der Waals surface area contributed by atoms with E-state index in [0.29, 0.717) is 18.7 Å². The second-order valence-corrected chi connectivity index (χ2v) is 7.29. The molecular formula is C19H28N4O2. The normalized spacial score (nSPS) is 15.5. The molecule has 1 aliphatic rings. The molecule has 0 radical (unpaired) electrons. The fourth-order valence-corrected chi connectivity index (χ4v) is 2.80. The van der Waals surface area contributed by atoms with Crippen LogP contribution in [0.15, 0.2) is 31.0 Å². The highest BCUT2D eigenvalue weighted by molar-refractivity contribution is 5.94. The van der Waals surface area contributed by atoms with Crippen LogP contribution in [-0.2, 0) is 4.79 Å². The molecule has 1 aliphatic heterocycles. The Kier molecular flexibility index (Phi) is 6.17. The average molecular weight is 344 g/mol. The van der Waals surface area contributed by atoms with E-state index < -0.39 is 0 Å². The van der Waals surface area contributed by atoms with Gasteiger partial charge in [-0.1, -0.05) is 26.8 Å². The molecule has 1 aromatic heterocycles. The van der Waals surface area contributed by atoms with E-state index in [1.54, 1.807) is 18.3 Å². The van der Waals surface area contributed by atoms with Crippen LogP contribution < -0.4 is 10.2 Å². The quantitative estimate of drug-likeness (QED) is 0.850. The number of amides is 2. The van der Waals surface area contributed by atoms with Crippen molar-refractivity contribution in [3.8, 4) is 0 Å². The number of carbonyl (C=O) groups is 2. The van der Waals surface area contributed by atoms with Gasteiger partial charge in [-0.15, -0.1) is 6.58 Å². The van der Waals surface area contributed by atoms with E-state index in [4.69, 9.17) is 0 Å². The lowest BCUT2D eigenvalue weighted by Crippen LogP contribution is -2.41. The van der Waals surface area contributed by atoms with Crippen molar-refractivity contribution in [2.75, 3.05) is 37.6 Å². The number of hydrogen-bond donors (Lipinski definition) is 1. The predicted octanol–water partition coefficient (Wildman–Crippen LogP) is 2.08. The zero-order chi connectivity index (χ0) is 18.4. The molecule has 0 atom stereocenters. The number of nitrogens with zero attached hydrogens (tertiary/aromatic N) is 3. The van der Waals surface area contributed by atoms with Crippen molar-refractivity contribution in [2.24, 2.45) is 5.41 Å². The van der Waals surface area contributed by atoms with Gasteiger partial charge in [0.15, 0.2) is 0 Å². The molecule has 6 heteroatoms. The standard InChI is InChI=1S/C19H28N4O2/c1-5-9-20-17(24)15-7-8-16(21-14-15)22-10-6-11-23(13-12-22)18(25)19(2,3)4/h5,7-8,14H,1,6,9-13H2,2-4H3,(H,20,24). The summed E-state index contributed by atoms with van der Waals surface area (Å²) in [6, 6.07) is 3.65. The van der Waals surface area contributed by atoms with Crippen LogP contribution in [0.25, 0.3) is 0 Å². The van der Waals surface area contributed by atoms with Gasteiger partial charge in [-0.3, -0.25) is 9.59 Å². The van der Waals surface area contributed by atoms with E-state index in [2.05, 4.69) is 21.8 Å². The Morgan fingerprint density at radius 3 is 2.60 bits per heavy atom. The predicted molar refractivity (Wildman–Crippen MR) is 99.6 cm³/mol. The number of nitrogens with one attached hydrogen (secondary N) is 1. The summed E-state index contributed by atoms with van der Waals surface area (Å²) in [6.45, 7) is 12.9. The fourth-order valence-electron chi connectivity index (χ4n) is 2.80. The number of pyridine rings is 1. The summed E-state index contributed by atoms with van der Waals surface area (Å²) in [5.41, 5.74) is 0.179. The number of anilines is 1. The van der Waals surface area contributed by atoms with Crippen LogP contribution in [0.5, 0.6) is 0 Å². The van der Waals surface area contributed by atoms with Crippen LogP contribution in [0.4, 0.5) is 5.82 Å². The molecule has 0 saturated carbocycles. The minimum absolute atomic E-state index is 0.156. The molecule has 0 aliphatic carbocycles. The molecule has 0 bridgehead atoms. The number of aromatic nitrogens is 1. The summed E-state index contributed by atoms with van der Waals surface area (Å²) in [5.74, 6) is 0.874. The van der Waals surface area contributed by atoms with Crippen molar-refractivity contribution in [3.05, 3.63) is 36.5 Å². The van der Waals surface area contributed by atoms with Crippen molar-refractivity contribution in [1.29, 1.82) is 0 Å². The Bertz CT molecular complexity index is 619. The molecule has 1 N–H and O–H groups in total. The third kappa shape index (κ3) is 5.05. The third-order valence-electron chi connectivity index (χ3n) is 4.17. The zero-order valence-corrected chi connectivity index (χ0v) is 15.4. The Morgan fingerprint density at radius 1 is 1.24 bits per heavy atom. The third-order valence-corrected chi connectivity index (χ3v) is 4.17. The van der Waals surface area contributed by atoms with Gasteiger partial charge in [0, 0.05) is 44.3 Å². The molecule has 2 amide bonds. The molecule has 1 fully saturated rings. The van der Waals surface area contributed by atoms with E-state index in [9.17, 15) is 9.59 Å². The Labute approximate surface area is 149 Å². The second-order valence-electron chi connectivity index (χ2n) is 7.29. The highest BCUT2D eigenvalue weighted by Crippen LogP contribution is 2.20. The lowest BCUT2D eigenvalue weighted by molar-refractivity contribution is -0.139. The Hall–Kier alpha value is -2.37. The molecule has 0 spiro atoms. The van der Waals surface area contributed by atoms with Crippen LogP contribution in [-0.4, -0.2) is 54.4 Å². The molecule has 2 heterocycles. The average Bonchev–Trinajstić information content (AvgIpc) is 2.84. The summed E-state index contributed by atoms with van der Waals surface area (Å²) < 4.78 is 0. The van der Waals surface area contributed by atoms with E-state index in [1.807, 2.05) is 31.7 Å². The largest absolute Gasteiger partial charge is 0.355 e. The van der Waals surface area contributed by atoms with Crippen LogP contribution >= 0.6 is 0 Å². The molecule has 0 aromatic carbocycles. The van der Waals surface area contributed by atoms with Crippen LogP contribution in [0.2, 0.25) is 0 Å². The van der Waals surface area contributed by atoms with Gasteiger partial charge in [-0.25, -0.2) is 4.98 Å². The van der Waals surface area contributed by atoms with E-state index >= 15 is 0 Å². The number of hydrogen-bond acceptors (Lipinski definition) is 4. The highest BCUT2D eigenvalue weighted by atomic mass is 16.2. The number of rotatable bonds is 4. The molecule has 2 rings (SSSR count). The maximum absolute atomic E-state index is 12.5. The topological polar surface area (TPSA) is 65.5 Å². The first-order chi connectivity index (χ1) is 11.8. The smallest absolute Gasteiger partial charge is 0.253 e. The van der Waals surface area contributed by atoms with Gasteiger partial charge in [-0.2, -0.15) is 0 Å². The van der Waals surface area contributed by atoms with Gasteiger partial charge in [-0.05, 0) is 18.6 Å². The minimum Gasteiger partial charge on any atom is -0.355 e. The highest BCUT2D eigenvalue weighted by Gasteiger charge is 2.28. The second kappa shape index (κ2) is 8.14. The van der Waals surface area contributed by atoms with E-state index in [0.717, 1.165) is 31.9 Å². The summed E-state index contributed by atoms with van der Waals surface area (Å²) in [5, 5.41) is 2.74. The first-order valence-electron chi connectivity index (χ1n) is 8.72. The van der Waals surface area contributed by atoms with Gasteiger partial charge < -0.3 is 15.1 Å². The monoisotopic (exact) mass is 344 g/mol. The molecule has 0 unspecified atom stereocenters. The van der Waals surface area contributed by atoms with Crippen molar-refractivity contribution in [1.82, 2.24) is 15.2 Å². The zero-order valence-electron chi connectivity index (χ0n) is 15.4. The van der Waals surface area contributed by atoms with Crippen molar-refractivity contribution in [3.63, 3.8) is 0 Å². The van der Waals surface area contributed by atoms with E-state index in [-0.39, 0.29) is 17.2 Å². The van der Waals surface area contributed by atoms with Gasteiger partial charge in [0.25, 0.3) is 5.91 Å². The number of carbonyl (C=O) groups excluding carboxylic acids is 2. The Morgan fingerprint density at radius 2 is 2.00 bits per heavy atom. The van der Waals surface area contributed by atoms with Crippen molar-refractivity contribution in [2.45, 2.75) is 27.2 Å². The molecule has 25 heavy (non-hydrogen) atoms. The van der Waals surface area contributed by atoms with Gasteiger partial charge in [0.05, 0.1) is 5.56 Å². The van der Waals surface area contributed by atoms with Gasteiger partial charge in [0.2, 0.25) is 5.91 Å². The lowest BCUT2D eigenvalue weighted by atomic mass is 9.94. The van der Waals surface area contributed by atoms with Gasteiger partial charge >= 0.3 is 0 Å². The lowest BCUT2D eigenvalue weighted by Gasteiger charge is -2.28. The molecule has 1 aromatic rings. The van der Waals surface area contributed by atoms with Gasteiger partial charge in [0.1, 0.15) is 5.82 Å². The molecule has 136 valence electrons. The summed E-state index contributed by atoms with van der Waals surface area (Å²) in [7, 11) is 0. The first kappa shape index (κ1) is 19.0. The molecule has 1 saturated heterocycles. The van der Waals surface area contributed by atoms with Crippen molar-refractivity contribution < 1.29 is 9.59 Å². The minimum atomic E-state index is -0.353. The summed E-state index contributed by atoms with van der Waals surface area (Å²) in [4.78, 5) is 32.9. The SMILES string of the molecule is C=CCNC(=O)c1ccc(N2CCCN(C(=O)C(C)(C)C)CC2)nc1. The van der Waals surface area contributed by atoms with Crippen LogP contribution in [0.1, 0.15) is 37.6 Å².